The van der Waals surface area contributed by atoms with Crippen molar-refractivity contribution in [2.75, 3.05) is 6.54 Å². The smallest absolute Gasteiger partial charge is 0.148 e. The number of para-hydroxylation sites is 1. The van der Waals surface area contributed by atoms with Crippen LogP contribution in [0.3, 0.4) is 0 Å². The molecular weight excluding hydrogens is 318 g/mol. The number of rotatable bonds is 5. The van der Waals surface area contributed by atoms with Gasteiger partial charge in [-0.2, -0.15) is 0 Å². The van der Waals surface area contributed by atoms with Gasteiger partial charge >= 0.3 is 0 Å². The first-order valence-electron chi connectivity index (χ1n) is 6.71. The molecule has 20 heavy (non-hydrogen) atoms. The Balaban J connectivity index is 1.94. The highest BCUT2D eigenvalue weighted by Gasteiger charge is 2.18. The number of nitrogens with one attached hydrogen (secondary N) is 1. The van der Waals surface area contributed by atoms with Crippen LogP contribution in [0.25, 0.3) is 11.0 Å². The Bertz CT molecular complexity index is 688. The molecule has 0 amide bonds. The van der Waals surface area contributed by atoms with E-state index in [9.17, 15) is 0 Å². The van der Waals surface area contributed by atoms with Gasteiger partial charge in [0.05, 0.1) is 16.8 Å². The summed E-state index contributed by atoms with van der Waals surface area (Å²) in [4.78, 5) is 0. The molecular formula is C16H16BrNO2. The van der Waals surface area contributed by atoms with Crippen LogP contribution >= 0.6 is 15.9 Å². The van der Waals surface area contributed by atoms with E-state index in [1.165, 1.54) is 0 Å². The van der Waals surface area contributed by atoms with Crippen LogP contribution in [0, 0.1) is 0 Å². The molecule has 1 unspecified atom stereocenters. The number of likely N-dealkylation sites (N-methyl/N-ethyl adjacent to an activating group) is 1. The molecule has 1 atom stereocenters. The summed E-state index contributed by atoms with van der Waals surface area (Å²) in [7, 11) is 0. The van der Waals surface area contributed by atoms with Crippen molar-refractivity contribution in [3.8, 4) is 0 Å². The second-order valence-corrected chi connectivity index (χ2v) is 5.56. The van der Waals surface area contributed by atoms with E-state index in [0.717, 1.165) is 39.9 Å². The number of furan rings is 2. The number of fused-ring (bicyclic) bond motifs is 1. The maximum atomic E-state index is 6.01. The van der Waals surface area contributed by atoms with Crippen molar-refractivity contribution in [2.45, 2.75) is 19.4 Å². The van der Waals surface area contributed by atoms with Crippen molar-refractivity contribution in [3.63, 3.8) is 0 Å². The summed E-state index contributed by atoms with van der Waals surface area (Å²) in [6.45, 7) is 2.97. The Morgan fingerprint density at radius 3 is 2.85 bits per heavy atom. The van der Waals surface area contributed by atoms with Gasteiger partial charge in [0.2, 0.25) is 0 Å². The normalized spacial score (nSPS) is 12.9. The van der Waals surface area contributed by atoms with Crippen LogP contribution in [0.5, 0.6) is 0 Å². The molecule has 1 N–H and O–H groups in total. The lowest BCUT2D eigenvalue weighted by molar-refractivity contribution is 0.401. The van der Waals surface area contributed by atoms with Crippen LogP contribution in [0.4, 0.5) is 0 Å². The fourth-order valence-corrected chi connectivity index (χ4v) is 2.83. The van der Waals surface area contributed by atoms with Crippen LogP contribution in [-0.2, 0) is 6.42 Å². The van der Waals surface area contributed by atoms with Crippen molar-refractivity contribution in [2.24, 2.45) is 0 Å². The first-order valence-corrected chi connectivity index (χ1v) is 7.51. The van der Waals surface area contributed by atoms with E-state index >= 15 is 0 Å². The second-order valence-electron chi connectivity index (χ2n) is 4.70. The molecule has 0 spiro atoms. The molecule has 0 bridgehead atoms. The van der Waals surface area contributed by atoms with E-state index in [4.69, 9.17) is 8.83 Å². The van der Waals surface area contributed by atoms with Crippen LogP contribution in [0.15, 0.2) is 56.0 Å². The van der Waals surface area contributed by atoms with E-state index in [2.05, 4.69) is 40.3 Å². The molecule has 0 aliphatic heterocycles. The predicted molar refractivity (Wildman–Crippen MR) is 82.7 cm³/mol. The lowest BCUT2D eigenvalue weighted by Crippen LogP contribution is -2.22. The molecule has 0 radical (unpaired) electrons. The van der Waals surface area contributed by atoms with Crippen molar-refractivity contribution < 1.29 is 8.83 Å². The number of halogens is 1. The van der Waals surface area contributed by atoms with E-state index in [1.807, 2.05) is 24.3 Å². The molecule has 2 aromatic heterocycles. The van der Waals surface area contributed by atoms with Gasteiger partial charge in [-0.3, -0.25) is 0 Å². The third-order valence-corrected chi connectivity index (χ3v) is 3.92. The van der Waals surface area contributed by atoms with Gasteiger partial charge in [0, 0.05) is 11.8 Å². The molecule has 4 heteroatoms. The monoisotopic (exact) mass is 333 g/mol. The third kappa shape index (κ3) is 2.67. The Morgan fingerprint density at radius 2 is 2.15 bits per heavy atom. The largest absolute Gasteiger partial charge is 0.469 e. The van der Waals surface area contributed by atoms with Gasteiger partial charge in [0.25, 0.3) is 0 Å². The molecule has 3 nitrogen and oxygen atoms in total. The molecule has 0 fully saturated rings. The van der Waals surface area contributed by atoms with Gasteiger partial charge < -0.3 is 14.2 Å². The van der Waals surface area contributed by atoms with Crippen LogP contribution in [0.1, 0.15) is 24.5 Å². The third-order valence-electron chi connectivity index (χ3n) is 3.29. The molecule has 0 aliphatic carbocycles. The Labute approximate surface area is 126 Å². The first kappa shape index (κ1) is 13.5. The molecule has 104 valence electrons. The maximum absolute atomic E-state index is 6.01. The summed E-state index contributed by atoms with van der Waals surface area (Å²) >= 11 is 3.53. The first-order chi connectivity index (χ1) is 9.78. The minimum atomic E-state index is 0.116. The van der Waals surface area contributed by atoms with Crippen LogP contribution in [-0.4, -0.2) is 6.54 Å². The second kappa shape index (κ2) is 5.85. The fourth-order valence-electron chi connectivity index (χ4n) is 2.37. The summed E-state index contributed by atoms with van der Waals surface area (Å²) in [5.74, 6) is 1.89. The summed E-state index contributed by atoms with van der Waals surface area (Å²) in [5.41, 5.74) is 0.893. The van der Waals surface area contributed by atoms with Gasteiger partial charge in [-0.1, -0.05) is 19.1 Å². The van der Waals surface area contributed by atoms with Crippen LogP contribution < -0.4 is 5.32 Å². The summed E-state index contributed by atoms with van der Waals surface area (Å²) in [6.07, 6.45) is 2.48. The zero-order chi connectivity index (χ0) is 13.9. The van der Waals surface area contributed by atoms with E-state index in [0.29, 0.717) is 0 Å². The molecule has 0 saturated carbocycles. The molecule has 3 rings (SSSR count). The van der Waals surface area contributed by atoms with Gasteiger partial charge in [0.1, 0.15) is 17.1 Å². The van der Waals surface area contributed by atoms with Crippen molar-refractivity contribution in [3.05, 3.63) is 58.7 Å². The lowest BCUT2D eigenvalue weighted by Gasteiger charge is -2.13. The molecule has 3 aromatic rings. The van der Waals surface area contributed by atoms with E-state index in [1.54, 1.807) is 6.26 Å². The van der Waals surface area contributed by atoms with Gasteiger partial charge in [0.15, 0.2) is 0 Å². The molecule has 2 heterocycles. The zero-order valence-electron chi connectivity index (χ0n) is 11.2. The average Bonchev–Trinajstić information content (AvgIpc) is 3.07. The highest BCUT2D eigenvalue weighted by molar-refractivity contribution is 9.10. The van der Waals surface area contributed by atoms with Crippen molar-refractivity contribution in [1.29, 1.82) is 0 Å². The topological polar surface area (TPSA) is 38.3 Å². The Hall–Kier alpha value is -1.52. The summed E-state index contributed by atoms with van der Waals surface area (Å²) in [6, 6.07) is 12.2. The summed E-state index contributed by atoms with van der Waals surface area (Å²) in [5, 5.41) is 4.56. The SMILES string of the molecule is CCNC(Cc1ccco1)c1cc2cccc(Br)c2o1. The number of hydrogen-bond acceptors (Lipinski definition) is 3. The Morgan fingerprint density at radius 1 is 1.25 bits per heavy atom. The minimum Gasteiger partial charge on any atom is -0.469 e. The molecule has 0 aliphatic rings. The van der Waals surface area contributed by atoms with Crippen molar-refractivity contribution in [1.82, 2.24) is 5.32 Å². The quantitative estimate of drug-likeness (QED) is 0.736. The van der Waals surface area contributed by atoms with Crippen molar-refractivity contribution >= 4 is 26.9 Å². The fraction of sp³-hybridized carbons (Fsp3) is 0.250. The average molecular weight is 334 g/mol. The van der Waals surface area contributed by atoms with E-state index in [-0.39, 0.29) is 6.04 Å². The number of benzene rings is 1. The number of hydrogen-bond donors (Lipinski definition) is 1. The Kier molecular flexibility index (Phi) is 3.94. The van der Waals surface area contributed by atoms with Gasteiger partial charge in [-0.15, -0.1) is 0 Å². The van der Waals surface area contributed by atoms with Gasteiger partial charge in [-0.05, 0) is 46.7 Å². The highest BCUT2D eigenvalue weighted by Crippen LogP contribution is 2.30. The van der Waals surface area contributed by atoms with E-state index < -0.39 is 0 Å². The van der Waals surface area contributed by atoms with Gasteiger partial charge in [-0.25, -0.2) is 0 Å². The maximum Gasteiger partial charge on any atom is 0.148 e. The highest BCUT2D eigenvalue weighted by atomic mass is 79.9. The lowest BCUT2D eigenvalue weighted by atomic mass is 10.1. The molecule has 1 aromatic carbocycles. The predicted octanol–water partition coefficient (Wildman–Crippen LogP) is 4.68. The summed E-state index contributed by atoms with van der Waals surface area (Å²) < 4.78 is 12.4. The standard InChI is InChI=1S/C16H16BrNO2/c1-2-18-14(10-12-6-4-8-19-12)15-9-11-5-3-7-13(17)16(11)20-15/h3-9,14,18H,2,10H2,1H3. The van der Waals surface area contributed by atoms with Crippen LogP contribution in [0.2, 0.25) is 0 Å². The minimum absolute atomic E-state index is 0.116. The zero-order valence-corrected chi connectivity index (χ0v) is 12.8. The molecule has 0 saturated heterocycles.